The van der Waals surface area contributed by atoms with Crippen LogP contribution >= 0.6 is 0 Å². The number of ether oxygens (including phenoxy) is 2. The first-order valence-corrected chi connectivity index (χ1v) is 11.5. The average molecular weight is 528 g/mol. The highest BCUT2D eigenvalue weighted by atomic mass is 19.3. The summed E-state index contributed by atoms with van der Waals surface area (Å²) in [4.78, 5) is 14.1. The molecule has 37 heavy (non-hydrogen) atoms. The Labute approximate surface area is 226 Å². The van der Waals surface area contributed by atoms with E-state index in [1.165, 1.54) is 4.57 Å². The fourth-order valence-corrected chi connectivity index (χ4v) is 4.10. The molecule has 2 aliphatic rings. The lowest BCUT2D eigenvalue weighted by molar-refractivity contribution is -0.286. The number of aromatic nitrogens is 1. The minimum absolute atomic E-state index is 0.191. The van der Waals surface area contributed by atoms with E-state index in [1.54, 1.807) is 20.8 Å². The molecule has 3 aromatic rings. The first-order valence-electron chi connectivity index (χ1n) is 16.5. The van der Waals surface area contributed by atoms with Crippen LogP contribution in [0.1, 0.15) is 70.5 Å². The Bertz CT molecular complexity index is 1850. The van der Waals surface area contributed by atoms with Crippen molar-refractivity contribution in [3.63, 3.8) is 0 Å². The predicted octanol–water partition coefficient (Wildman–Crippen LogP) is 4.99. The summed E-state index contributed by atoms with van der Waals surface area (Å²) in [6.07, 6.45) is -13.1. The Morgan fingerprint density at radius 1 is 1.22 bits per heavy atom. The highest BCUT2D eigenvalue weighted by Crippen LogP contribution is 2.52. The number of rotatable bonds is 9. The molecular weight excluding hydrogens is 487 g/mol. The fraction of sp³-hybridized carbons (Fsp3) is 0.464. The first-order chi connectivity index (χ1) is 21.5. The predicted molar refractivity (Wildman–Crippen MR) is 131 cm³/mol. The van der Waals surface area contributed by atoms with Crippen LogP contribution in [0.4, 0.5) is 13.2 Å². The number of alkyl halides is 2. The summed E-state index contributed by atoms with van der Waals surface area (Å²) >= 11 is 0. The van der Waals surface area contributed by atoms with Gasteiger partial charge in [0.2, 0.25) is 0 Å². The second-order valence-electron chi connectivity index (χ2n) is 9.60. The summed E-state index contributed by atoms with van der Waals surface area (Å²) in [7, 11) is 0. The van der Waals surface area contributed by atoms with Crippen LogP contribution in [-0.2, 0) is 28.6 Å². The first kappa shape index (κ1) is 16.0. The van der Waals surface area contributed by atoms with E-state index in [1.807, 2.05) is 0 Å². The Morgan fingerprint density at radius 3 is 2.57 bits per heavy atom. The molecule has 1 aliphatic heterocycles. The monoisotopic (exact) mass is 527 g/mol. The van der Waals surface area contributed by atoms with E-state index in [4.69, 9.17) is 13.7 Å². The molecule has 1 atom stereocenters. The van der Waals surface area contributed by atoms with Crippen LogP contribution in [0, 0.1) is 5.82 Å². The van der Waals surface area contributed by atoms with Crippen LogP contribution in [0.25, 0.3) is 10.9 Å². The van der Waals surface area contributed by atoms with Crippen molar-refractivity contribution in [1.29, 1.82) is 0 Å². The molecule has 2 heterocycles. The van der Waals surface area contributed by atoms with Gasteiger partial charge in [-0.2, -0.15) is 0 Å². The Morgan fingerprint density at radius 2 is 1.92 bits per heavy atom. The number of nitrogens with zero attached hydrogens (tertiary/aromatic N) is 1. The Kier molecular flexibility index (Phi) is 3.80. The van der Waals surface area contributed by atoms with Gasteiger partial charge in [-0.05, 0) is 60.5 Å². The minimum Gasteiger partial charge on any atom is -0.395 e. The van der Waals surface area contributed by atoms with E-state index in [-0.39, 0.29) is 29.2 Å². The fourth-order valence-electron chi connectivity index (χ4n) is 4.10. The van der Waals surface area contributed by atoms with E-state index < -0.39 is 113 Å². The molecule has 0 amide bonds. The summed E-state index contributed by atoms with van der Waals surface area (Å²) in [6, 6.07) is -5.58. The minimum atomic E-state index is -4.39. The molecule has 0 bridgehead atoms. The third kappa shape index (κ3) is 4.48. The van der Waals surface area contributed by atoms with E-state index in [2.05, 4.69) is 9.47 Å². The Hall–Kier alpha value is -3.04. The lowest BCUT2D eigenvalue weighted by Gasteiger charge is -2.26. The maximum Gasteiger partial charge on any atom is 0.586 e. The normalized spacial score (nSPS) is 24.9. The Balaban J connectivity index is 1.75. The standard InChI is InChI=1S/C28H30F3NO5/c1-4-26(2,3)24-10-17-9-16(20(29)13-21(17)32(24)14-19(34)15-33)11-25(35)27(7-8-27)18-5-6-22-23(12-18)37-28(30,31)36-22/h5-6,9-10,12-13,19,33-34H,4,7-8,11,14-15H2,1-3H3/t19-/m1/s1/i5D,6D,7D2,8D2,9D,10D,12D,13D. The number of aliphatic hydroxyl groups is 2. The zero-order valence-corrected chi connectivity index (χ0v) is 20.1. The largest absolute Gasteiger partial charge is 0.586 e. The smallest absolute Gasteiger partial charge is 0.395 e. The van der Waals surface area contributed by atoms with Crippen molar-refractivity contribution in [3.05, 3.63) is 58.9 Å². The molecule has 0 spiro atoms. The maximum atomic E-state index is 16.1. The van der Waals surface area contributed by atoms with Crippen molar-refractivity contribution in [1.82, 2.24) is 4.57 Å². The number of aliphatic hydroxyl groups excluding tert-OH is 2. The SMILES string of the molecule is [2H]c1c([2H])c(C2(C(=O)Cc3c(F)c([2H])c4c(c3[2H])c([2H])c(C(C)(C)CC)n4C[C@@H](O)CO)C([2H])([2H])C2([2H])[2H])c([2H])c2c1OC(F)(F)O2. The lowest BCUT2D eigenvalue weighted by Crippen LogP contribution is -2.26. The van der Waals surface area contributed by atoms with Gasteiger partial charge in [0.05, 0.1) is 38.4 Å². The third-order valence-corrected chi connectivity index (χ3v) is 6.61. The van der Waals surface area contributed by atoms with Gasteiger partial charge < -0.3 is 24.3 Å². The molecule has 5 rings (SSSR count). The molecule has 1 aliphatic carbocycles. The van der Waals surface area contributed by atoms with Crippen molar-refractivity contribution in [3.8, 4) is 11.5 Å². The maximum absolute atomic E-state index is 16.1. The van der Waals surface area contributed by atoms with Crippen LogP contribution in [0.5, 0.6) is 11.5 Å². The van der Waals surface area contributed by atoms with Gasteiger partial charge in [0.15, 0.2) is 11.5 Å². The molecular formula is C28H30F3NO5. The molecule has 0 saturated heterocycles. The molecule has 6 nitrogen and oxygen atoms in total. The number of carbonyl (C=O) groups excluding carboxylic acids is 1. The molecule has 0 radical (unpaired) electrons. The number of halogens is 3. The van der Waals surface area contributed by atoms with Crippen LogP contribution in [0.3, 0.4) is 0 Å². The number of Topliss-reactive ketones (excluding diaryl/α,β-unsaturated/α-hetero) is 1. The highest BCUT2D eigenvalue weighted by Gasteiger charge is 2.52. The molecule has 2 N–H and O–H groups in total. The number of ketones is 1. The van der Waals surface area contributed by atoms with Gasteiger partial charge in [0, 0.05) is 28.4 Å². The van der Waals surface area contributed by atoms with Gasteiger partial charge in [0.1, 0.15) is 11.6 Å². The van der Waals surface area contributed by atoms with Crippen LogP contribution in [-0.4, -0.2) is 39.6 Å². The van der Waals surface area contributed by atoms with Crippen molar-refractivity contribution in [2.24, 2.45) is 0 Å². The van der Waals surface area contributed by atoms with Gasteiger partial charge in [-0.3, -0.25) is 4.79 Å². The van der Waals surface area contributed by atoms with Gasteiger partial charge in [-0.25, -0.2) is 4.39 Å². The number of hydrogen-bond donors (Lipinski definition) is 2. The summed E-state index contributed by atoms with van der Waals surface area (Å²) in [5, 5.41) is 19.4. The van der Waals surface area contributed by atoms with E-state index in [0.717, 1.165) is 0 Å². The number of carbonyl (C=O) groups is 1. The van der Waals surface area contributed by atoms with Crippen molar-refractivity contribution < 1.29 is 51.4 Å². The summed E-state index contributed by atoms with van der Waals surface area (Å²) in [5.74, 6) is -5.17. The molecule has 1 fully saturated rings. The van der Waals surface area contributed by atoms with Crippen molar-refractivity contribution >= 4 is 16.7 Å². The van der Waals surface area contributed by atoms with E-state index in [9.17, 15) is 23.8 Å². The van der Waals surface area contributed by atoms with Gasteiger partial charge in [-0.1, -0.05) is 26.8 Å². The van der Waals surface area contributed by atoms with Crippen LogP contribution in [0.15, 0.2) is 36.3 Å². The second kappa shape index (κ2) is 8.77. The van der Waals surface area contributed by atoms with Gasteiger partial charge in [-0.15, -0.1) is 8.78 Å². The van der Waals surface area contributed by atoms with Crippen LogP contribution < -0.4 is 9.47 Å². The zero-order valence-electron chi connectivity index (χ0n) is 30.1. The number of benzene rings is 2. The van der Waals surface area contributed by atoms with Crippen LogP contribution in [0.2, 0.25) is 0 Å². The summed E-state index contributed by atoms with van der Waals surface area (Å²) in [6.45, 7) is 4.15. The molecule has 9 heteroatoms. The molecule has 1 aromatic heterocycles. The molecule has 2 aromatic carbocycles. The third-order valence-electron chi connectivity index (χ3n) is 6.61. The lowest BCUT2D eigenvalue weighted by atomic mass is 9.86. The average Bonchev–Trinajstić information content (AvgIpc) is 3.26. The topological polar surface area (TPSA) is 80.9 Å². The zero-order chi connectivity index (χ0) is 35.6. The number of hydrogen-bond acceptors (Lipinski definition) is 5. The highest BCUT2D eigenvalue weighted by molar-refractivity contribution is 5.95. The van der Waals surface area contributed by atoms with E-state index >= 15 is 4.39 Å². The van der Waals surface area contributed by atoms with Crippen molar-refractivity contribution in [2.75, 3.05) is 6.61 Å². The van der Waals surface area contributed by atoms with Crippen molar-refractivity contribution in [2.45, 2.75) is 76.1 Å². The van der Waals surface area contributed by atoms with Gasteiger partial charge >= 0.3 is 6.29 Å². The number of fused-ring (bicyclic) bond motifs is 2. The summed E-state index contributed by atoms with van der Waals surface area (Å²) in [5.41, 5.74) is -6.03. The molecule has 1 saturated carbocycles. The molecule has 198 valence electrons. The summed E-state index contributed by atoms with van der Waals surface area (Å²) < 4.78 is 139. The quantitative estimate of drug-likeness (QED) is 0.410. The van der Waals surface area contributed by atoms with Gasteiger partial charge in [0.25, 0.3) is 0 Å². The second-order valence-corrected chi connectivity index (χ2v) is 9.60. The molecule has 0 unspecified atom stereocenters. The van der Waals surface area contributed by atoms with E-state index in [0.29, 0.717) is 6.42 Å².